The molecular weight excluding hydrogens is 220 g/mol. The van der Waals surface area contributed by atoms with Crippen molar-refractivity contribution in [3.8, 4) is 0 Å². The third-order valence-corrected chi connectivity index (χ3v) is 3.08. The molecule has 5 N–H and O–H groups in total. The number of rotatable bonds is 5. The second-order valence-electron chi connectivity index (χ2n) is 4.53. The fraction of sp³-hybridized carbons (Fsp3) is 0.818. The van der Waals surface area contributed by atoms with E-state index in [0.717, 1.165) is 6.54 Å². The molecule has 2 unspecified atom stereocenters. The van der Waals surface area contributed by atoms with Gasteiger partial charge in [0.15, 0.2) is 0 Å². The van der Waals surface area contributed by atoms with Crippen molar-refractivity contribution in [2.45, 2.75) is 32.2 Å². The summed E-state index contributed by atoms with van der Waals surface area (Å²) in [4.78, 5) is 22.0. The Bertz CT molecular complexity index is 270. The van der Waals surface area contributed by atoms with Crippen molar-refractivity contribution in [3.63, 3.8) is 0 Å². The Balaban J connectivity index is 2.13. The lowest BCUT2D eigenvalue weighted by atomic mass is 9.90. The van der Waals surface area contributed by atoms with Crippen molar-refractivity contribution >= 4 is 11.9 Å². The zero-order chi connectivity index (χ0) is 12.7. The summed E-state index contributed by atoms with van der Waals surface area (Å²) in [5.41, 5.74) is 4.90. The van der Waals surface area contributed by atoms with Gasteiger partial charge in [0.1, 0.15) is 0 Å². The van der Waals surface area contributed by atoms with Crippen molar-refractivity contribution in [2.24, 2.45) is 11.7 Å². The number of primary amides is 1. The average molecular weight is 242 g/mol. The van der Waals surface area contributed by atoms with Crippen LogP contribution >= 0.6 is 0 Å². The van der Waals surface area contributed by atoms with Gasteiger partial charge in [-0.15, -0.1) is 0 Å². The summed E-state index contributed by atoms with van der Waals surface area (Å²) in [7, 11) is 0. The lowest BCUT2D eigenvalue weighted by Crippen LogP contribution is -2.44. The zero-order valence-electron chi connectivity index (χ0n) is 10.3. The summed E-state index contributed by atoms with van der Waals surface area (Å²) in [6.45, 7) is 3.95. The Hall–Kier alpha value is -1.30. The van der Waals surface area contributed by atoms with E-state index in [1.54, 1.807) is 0 Å². The standard InChI is InChI=1S/C11H22N4O2/c1-8-3-2-4-13-9(8)7-10(16)14-5-6-15-11(12)17/h8-9,13H,2-7H2,1H3,(H,14,16)(H3,12,15,17). The van der Waals surface area contributed by atoms with Gasteiger partial charge in [-0.05, 0) is 25.3 Å². The van der Waals surface area contributed by atoms with Crippen molar-refractivity contribution in [2.75, 3.05) is 19.6 Å². The summed E-state index contributed by atoms with van der Waals surface area (Å²) in [5.74, 6) is 0.556. The van der Waals surface area contributed by atoms with Gasteiger partial charge >= 0.3 is 6.03 Å². The molecule has 1 heterocycles. The van der Waals surface area contributed by atoms with E-state index in [1.165, 1.54) is 12.8 Å². The summed E-state index contributed by atoms with van der Waals surface area (Å²) in [6, 6.07) is -0.297. The van der Waals surface area contributed by atoms with Gasteiger partial charge in [-0.2, -0.15) is 0 Å². The molecule has 0 aromatic rings. The Morgan fingerprint density at radius 2 is 2.06 bits per heavy atom. The number of hydrogen-bond donors (Lipinski definition) is 4. The highest BCUT2D eigenvalue weighted by Gasteiger charge is 2.22. The summed E-state index contributed by atoms with van der Waals surface area (Å²) < 4.78 is 0. The molecule has 0 aromatic carbocycles. The van der Waals surface area contributed by atoms with Crippen LogP contribution < -0.4 is 21.7 Å². The number of urea groups is 1. The van der Waals surface area contributed by atoms with Crippen molar-refractivity contribution in [1.82, 2.24) is 16.0 Å². The summed E-state index contributed by atoms with van der Waals surface area (Å²) in [6.07, 6.45) is 2.85. The largest absolute Gasteiger partial charge is 0.354 e. The van der Waals surface area contributed by atoms with Crippen LogP contribution in [-0.4, -0.2) is 37.6 Å². The Labute approximate surface area is 102 Å². The molecule has 6 heteroatoms. The van der Waals surface area contributed by atoms with Crippen LogP contribution in [0.3, 0.4) is 0 Å². The topological polar surface area (TPSA) is 96.2 Å². The van der Waals surface area contributed by atoms with Crippen LogP contribution in [0.25, 0.3) is 0 Å². The van der Waals surface area contributed by atoms with Crippen molar-refractivity contribution < 1.29 is 9.59 Å². The predicted molar refractivity (Wildman–Crippen MR) is 65.4 cm³/mol. The van der Waals surface area contributed by atoms with Gasteiger partial charge in [0.05, 0.1) is 0 Å². The highest BCUT2D eigenvalue weighted by Crippen LogP contribution is 2.17. The van der Waals surface area contributed by atoms with Crippen LogP contribution in [0.2, 0.25) is 0 Å². The lowest BCUT2D eigenvalue weighted by molar-refractivity contribution is -0.121. The van der Waals surface area contributed by atoms with Crippen LogP contribution in [0.1, 0.15) is 26.2 Å². The molecule has 0 bridgehead atoms. The summed E-state index contributed by atoms with van der Waals surface area (Å²) >= 11 is 0. The normalized spacial score (nSPS) is 24.1. The fourth-order valence-electron chi connectivity index (χ4n) is 2.05. The minimum absolute atomic E-state index is 0.0162. The molecule has 2 atom stereocenters. The minimum atomic E-state index is -0.568. The summed E-state index contributed by atoms with van der Waals surface area (Å²) in [5, 5.41) is 8.54. The van der Waals surface area contributed by atoms with Gasteiger partial charge < -0.3 is 21.7 Å². The van der Waals surface area contributed by atoms with Crippen LogP contribution in [0.4, 0.5) is 4.79 Å². The Morgan fingerprint density at radius 1 is 1.35 bits per heavy atom. The van der Waals surface area contributed by atoms with E-state index in [0.29, 0.717) is 25.4 Å². The molecule has 3 amide bonds. The first-order valence-electron chi connectivity index (χ1n) is 6.13. The van der Waals surface area contributed by atoms with E-state index in [4.69, 9.17) is 5.73 Å². The van der Waals surface area contributed by atoms with Gasteiger partial charge in [-0.3, -0.25) is 4.79 Å². The predicted octanol–water partition coefficient (Wildman–Crippen LogP) is -0.451. The van der Waals surface area contributed by atoms with E-state index in [2.05, 4.69) is 22.9 Å². The molecule has 0 saturated carbocycles. The second-order valence-corrected chi connectivity index (χ2v) is 4.53. The first-order chi connectivity index (χ1) is 8.09. The number of carbonyl (C=O) groups is 2. The number of carbonyl (C=O) groups excluding carboxylic acids is 2. The SMILES string of the molecule is CC1CCCNC1CC(=O)NCCNC(N)=O. The third kappa shape index (κ3) is 5.53. The molecule has 0 aromatic heterocycles. The molecule has 6 nitrogen and oxygen atoms in total. The fourth-order valence-corrected chi connectivity index (χ4v) is 2.05. The van der Waals surface area contributed by atoms with Crippen LogP contribution in [0, 0.1) is 5.92 Å². The molecule has 1 rings (SSSR count). The quantitative estimate of drug-likeness (QED) is 0.492. The molecule has 1 saturated heterocycles. The molecular formula is C11H22N4O2. The van der Waals surface area contributed by atoms with E-state index < -0.39 is 6.03 Å². The van der Waals surface area contributed by atoms with Crippen molar-refractivity contribution in [3.05, 3.63) is 0 Å². The van der Waals surface area contributed by atoms with Crippen LogP contribution in [-0.2, 0) is 4.79 Å². The second kappa shape index (κ2) is 7.11. The minimum Gasteiger partial charge on any atom is -0.354 e. The van der Waals surface area contributed by atoms with Gasteiger partial charge in [0.25, 0.3) is 0 Å². The van der Waals surface area contributed by atoms with Gasteiger partial charge in [0, 0.05) is 25.6 Å². The van der Waals surface area contributed by atoms with Gasteiger partial charge in [0.2, 0.25) is 5.91 Å². The number of amides is 3. The van der Waals surface area contributed by atoms with E-state index >= 15 is 0 Å². The van der Waals surface area contributed by atoms with E-state index in [-0.39, 0.29) is 11.9 Å². The van der Waals surface area contributed by atoms with Crippen molar-refractivity contribution in [1.29, 1.82) is 0 Å². The highest BCUT2D eigenvalue weighted by molar-refractivity contribution is 5.76. The van der Waals surface area contributed by atoms with E-state index in [9.17, 15) is 9.59 Å². The third-order valence-electron chi connectivity index (χ3n) is 3.08. The molecule has 1 aliphatic rings. The lowest BCUT2D eigenvalue weighted by Gasteiger charge is -2.29. The van der Waals surface area contributed by atoms with Crippen LogP contribution in [0.5, 0.6) is 0 Å². The number of nitrogens with one attached hydrogen (secondary N) is 3. The number of piperidine rings is 1. The Kier molecular flexibility index (Phi) is 5.76. The molecule has 0 aliphatic carbocycles. The smallest absolute Gasteiger partial charge is 0.312 e. The van der Waals surface area contributed by atoms with Gasteiger partial charge in [-0.1, -0.05) is 6.92 Å². The molecule has 1 aliphatic heterocycles. The van der Waals surface area contributed by atoms with Gasteiger partial charge in [-0.25, -0.2) is 4.79 Å². The van der Waals surface area contributed by atoms with E-state index in [1.807, 2.05) is 0 Å². The number of nitrogens with two attached hydrogens (primary N) is 1. The molecule has 0 spiro atoms. The highest BCUT2D eigenvalue weighted by atomic mass is 16.2. The molecule has 98 valence electrons. The number of hydrogen-bond acceptors (Lipinski definition) is 3. The monoisotopic (exact) mass is 242 g/mol. The maximum absolute atomic E-state index is 11.6. The maximum atomic E-state index is 11.6. The molecule has 1 fully saturated rings. The van der Waals surface area contributed by atoms with Crippen LogP contribution in [0.15, 0.2) is 0 Å². The first-order valence-corrected chi connectivity index (χ1v) is 6.13. The first kappa shape index (κ1) is 13.8. The average Bonchev–Trinajstić information content (AvgIpc) is 2.27. The zero-order valence-corrected chi connectivity index (χ0v) is 10.3. The maximum Gasteiger partial charge on any atom is 0.312 e. The molecule has 17 heavy (non-hydrogen) atoms. The molecule has 0 radical (unpaired) electrons. The Morgan fingerprint density at radius 3 is 2.71 bits per heavy atom.